The summed E-state index contributed by atoms with van der Waals surface area (Å²) in [5, 5.41) is 12.3. The molecule has 1 unspecified atom stereocenters. The van der Waals surface area contributed by atoms with Gasteiger partial charge in [0.2, 0.25) is 0 Å². The van der Waals surface area contributed by atoms with E-state index in [-0.39, 0.29) is 0 Å². The highest BCUT2D eigenvalue weighted by molar-refractivity contribution is 7.10. The van der Waals surface area contributed by atoms with E-state index in [0.29, 0.717) is 0 Å². The van der Waals surface area contributed by atoms with Crippen molar-refractivity contribution in [2.45, 2.75) is 31.8 Å². The highest BCUT2D eigenvalue weighted by Crippen LogP contribution is 2.32. The number of hydrogen-bond acceptors (Lipinski definition) is 3. The summed E-state index contributed by atoms with van der Waals surface area (Å²) >= 11 is 1.53. The van der Waals surface area contributed by atoms with Gasteiger partial charge in [0.05, 0.1) is 8.07 Å². The maximum atomic E-state index is 10.2. The Morgan fingerprint density at radius 3 is 2.42 bits per heavy atom. The quantitative estimate of drug-likeness (QED) is 0.744. The van der Waals surface area contributed by atoms with Gasteiger partial charge in [-0.25, -0.2) is 4.98 Å². The minimum absolute atomic E-state index is 0.693. The fourth-order valence-electron chi connectivity index (χ4n) is 0.785. The number of rotatable bonds is 2. The van der Waals surface area contributed by atoms with Crippen molar-refractivity contribution >= 4 is 19.4 Å². The Balaban J connectivity index is 3.02. The van der Waals surface area contributed by atoms with E-state index in [2.05, 4.69) is 24.6 Å². The lowest BCUT2D eigenvalue weighted by Gasteiger charge is -2.33. The first-order chi connectivity index (χ1) is 5.36. The number of aliphatic hydroxyl groups is 1. The largest absolute Gasteiger partial charge is 0.387 e. The van der Waals surface area contributed by atoms with Gasteiger partial charge < -0.3 is 5.11 Å². The molecular weight excluding hydrogens is 186 g/mol. The Morgan fingerprint density at radius 1 is 1.50 bits per heavy atom. The zero-order valence-electron chi connectivity index (χ0n) is 7.96. The fraction of sp³-hybridized carbons (Fsp3) is 0.625. The predicted octanol–water partition coefficient (Wildman–Crippen LogP) is 2.23. The molecule has 0 aliphatic carbocycles. The lowest BCUT2D eigenvalue weighted by Crippen LogP contribution is -2.47. The summed E-state index contributed by atoms with van der Waals surface area (Å²) in [7, 11) is -1.59. The molecule has 0 radical (unpaired) electrons. The topological polar surface area (TPSA) is 33.1 Å². The second-order valence-corrected chi connectivity index (χ2v) is 10.5. The number of nitrogens with zero attached hydrogens (tertiary/aromatic N) is 1. The first-order valence-corrected chi connectivity index (χ1v) is 8.36. The molecule has 0 spiro atoms. The molecule has 0 aliphatic rings. The highest BCUT2D eigenvalue weighted by Gasteiger charge is 2.40. The smallest absolute Gasteiger partial charge is 0.120 e. The lowest BCUT2D eigenvalue weighted by molar-refractivity contribution is 0.135. The number of hydrogen-bond donors (Lipinski definition) is 1. The maximum Gasteiger partial charge on any atom is 0.120 e. The van der Waals surface area contributed by atoms with Crippen molar-refractivity contribution in [3.05, 3.63) is 16.6 Å². The monoisotopic (exact) mass is 201 g/mol. The van der Waals surface area contributed by atoms with E-state index in [1.54, 1.807) is 6.20 Å². The third-order valence-corrected chi connectivity index (χ3v) is 6.63. The summed E-state index contributed by atoms with van der Waals surface area (Å²) in [6, 6.07) is 0. The van der Waals surface area contributed by atoms with E-state index in [1.807, 2.05) is 12.3 Å². The van der Waals surface area contributed by atoms with E-state index in [4.69, 9.17) is 0 Å². The summed E-state index contributed by atoms with van der Waals surface area (Å²) in [5.41, 5.74) is 0. The predicted molar refractivity (Wildman–Crippen MR) is 55.0 cm³/mol. The molecule has 1 N–H and O–H groups in total. The SMILES string of the molecule is CC(O)(c1nccs1)[Si](C)(C)C. The first kappa shape index (κ1) is 9.89. The molecule has 0 aromatic carbocycles. The van der Waals surface area contributed by atoms with Gasteiger partial charge in [-0.05, 0) is 6.92 Å². The average Bonchev–Trinajstić information content (AvgIpc) is 2.34. The second-order valence-electron chi connectivity index (χ2n) is 4.16. The molecule has 1 rings (SSSR count). The molecule has 2 nitrogen and oxygen atoms in total. The van der Waals surface area contributed by atoms with Crippen LogP contribution in [-0.2, 0) is 5.22 Å². The van der Waals surface area contributed by atoms with Crippen LogP contribution in [0.5, 0.6) is 0 Å². The van der Waals surface area contributed by atoms with Crippen LogP contribution in [0.2, 0.25) is 19.6 Å². The molecule has 1 heterocycles. The minimum atomic E-state index is -1.59. The van der Waals surface area contributed by atoms with Gasteiger partial charge >= 0.3 is 0 Å². The van der Waals surface area contributed by atoms with Crippen LogP contribution >= 0.6 is 11.3 Å². The van der Waals surface area contributed by atoms with Crippen molar-refractivity contribution in [1.29, 1.82) is 0 Å². The van der Waals surface area contributed by atoms with Gasteiger partial charge in [-0.15, -0.1) is 11.3 Å². The zero-order chi connectivity index (χ0) is 9.41. The van der Waals surface area contributed by atoms with E-state index >= 15 is 0 Å². The number of thiazole rings is 1. The summed E-state index contributed by atoms with van der Waals surface area (Å²) in [5.74, 6) is 0. The summed E-state index contributed by atoms with van der Waals surface area (Å²) < 4.78 is 0. The van der Waals surface area contributed by atoms with Crippen LogP contribution in [0, 0.1) is 0 Å². The van der Waals surface area contributed by atoms with Gasteiger partial charge in [-0.1, -0.05) is 19.6 Å². The van der Waals surface area contributed by atoms with Crippen LogP contribution in [0.3, 0.4) is 0 Å². The molecule has 0 fully saturated rings. The molecule has 0 bridgehead atoms. The van der Waals surface area contributed by atoms with Gasteiger partial charge in [0.1, 0.15) is 10.2 Å². The van der Waals surface area contributed by atoms with Crippen LogP contribution in [0.15, 0.2) is 11.6 Å². The van der Waals surface area contributed by atoms with E-state index in [9.17, 15) is 5.11 Å². The van der Waals surface area contributed by atoms with Crippen molar-refractivity contribution in [2.24, 2.45) is 0 Å². The van der Waals surface area contributed by atoms with Gasteiger partial charge in [-0.2, -0.15) is 0 Å². The summed E-state index contributed by atoms with van der Waals surface area (Å²) in [4.78, 5) is 4.16. The molecule has 4 heteroatoms. The molecule has 0 amide bonds. The zero-order valence-corrected chi connectivity index (χ0v) is 9.77. The van der Waals surface area contributed by atoms with Crippen molar-refractivity contribution < 1.29 is 5.11 Å². The standard InChI is InChI=1S/C8H15NOSSi/c1-8(10,12(2,3)4)7-9-5-6-11-7/h5-6,10H,1-4H3. The van der Waals surface area contributed by atoms with Crippen LogP contribution in [0.1, 0.15) is 11.9 Å². The molecule has 1 atom stereocenters. The first-order valence-electron chi connectivity index (χ1n) is 3.98. The molecule has 0 aliphatic heterocycles. The molecule has 68 valence electrons. The molecular formula is C8H15NOSSi. The highest BCUT2D eigenvalue weighted by atomic mass is 32.1. The third-order valence-electron chi connectivity index (χ3n) is 2.31. The van der Waals surface area contributed by atoms with E-state index < -0.39 is 13.3 Å². The van der Waals surface area contributed by atoms with Gasteiger partial charge in [0.25, 0.3) is 0 Å². The van der Waals surface area contributed by atoms with Crippen molar-refractivity contribution in [3.63, 3.8) is 0 Å². The Hall–Kier alpha value is -0.193. The molecule has 0 saturated heterocycles. The normalized spacial score (nSPS) is 17.4. The van der Waals surface area contributed by atoms with Gasteiger partial charge in [0, 0.05) is 11.6 Å². The molecule has 12 heavy (non-hydrogen) atoms. The van der Waals surface area contributed by atoms with Crippen molar-refractivity contribution in [3.8, 4) is 0 Å². The minimum Gasteiger partial charge on any atom is -0.387 e. The molecule has 0 saturated carbocycles. The van der Waals surface area contributed by atoms with Crippen LogP contribution in [0.25, 0.3) is 0 Å². The number of aromatic nitrogens is 1. The van der Waals surface area contributed by atoms with Crippen molar-refractivity contribution in [1.82, 2.24) is 4.98 Å². The van der Waals surface area contributed by atoms with E-state index in [1.165, 1.54) is 11.3 Å². The Labute approximate surface area is 78.3 Å². The van der Waals surface area contributed by atoms with Gasteiger partial charge in [-0.3, -0.25) is 0 Å². The molecule has 1 aromatic rings. The Morgan fingerprint density at radius 2 is 2.08 bits per heavy atom. The Kier molecular flexibility index (Phi) is 2.42. The summed E-state index contributed by atoms with van der Waals surface area (Å²) in [6.07, 6.45) is 1.74. The van der Waals surface area contributed by atoms with Crippen LogP contribution in [-0.4, -0.2) is 18.2 Å². The lowest BCUT2D eigenvalue weighted by atomic mass is 10.4. The second kappa shape index (κ2) is 2.94. The fourth-order valence-corrected chi connectivity index (χ4v) is 3.19. The Bertz CT molecular complexity index is 251. The van der Waals surface area contributed by atoms with Crippen LogP contribution < -0.4 is 0 Å². The average molecular weight is 201 g/mol. The van der Waals surface area contributed by atoms with E-state index in [0.717, 1.165) is 5.01 Å². The maximum absolute atomic E-state index is 10.2. The summed E-state index contributed by atoms with van der Waals surface area (Å²) in [6.45, 7) is 8.31. The van der Waals surface area contributed by atoms with Crippen molar-refractivity contribution in [2.75, 3.05) is 0 Å². The third kappa shape index (κ3) is 1.60. The molecule has 1 aromatic heterocycles. The van der Waals surface area contributed by atoms with Crippen LogP contribution in [0.4, 0.5) is 0 Å². The van der Waals surface area contributed by atoms with Gasteiger partial charge in [0.15, 0.2) is 0 Å².